The number of nitrogens with zero attached hydrogens (tertiary/aromatic N) is 2. The van der Waals surface area contributed by atoms with Crippen LogP contribution in [0.1, 0.15) is 22.5 Å². The maximum atomic E-state index is 12.1. The van der Waals surface area contributed by atoms with Gasteiger partial charge in [-0.2, -0.15) is 0 Å². The number of aromatic nitrogens is 2. The highest BCUT2D eigenvalue weighted by Crippen LogP contribution is 2.19. The van der Waals surface area contributed by atoms with Crippen molar-refractivity contribution < 1.29 is 9.21 Å². The molecule has 2 heterocycles. The maximum absolute atomic E-state index is 12.1. The number of benzene rings is 1. The summed E-state index contributed by atoms with van der Waals surface area (Å²) in [7, 11) is 0. The van der Waals surface area contributed by atoms with Crippen molar-refractivity contribution in [2.45, 2.75) is 13.3 Å². The zero-order valence-electron chi connectivity index (χ0n) is 11.4. The molecule has 1 N–H and O–H groups in total. The van der Waals surface area contributed by atoms with Crippen LogP contribution < -0.4 is 10.7 Å². The molecule has 3 rings (SSSR count). The van der Waals surface area contributed by atoms with Gasteiger partial charge < -0.3 is 4.42 Å². The summed E-state index contributed by atoms with van der Waals surface area (Å²) in [5.74, 6) is -0.638. The number of hydrogen-bond acceptors (Lipinski definition) is 6. The molecule has 6 nitrogen and oxygen atoms in total. The molecule has 0 aliphatic heterocycles. The Balaban J connectivity index is 1.94. The summed E-state index contributed by atoms with van der Waals surface area (Å²) in [6.45, 7) is 1.94. The molecule has 0 spiro atoms. The van der Waals surface area contributed by atoms with Crippen LogP contribution in [0, 0.1) is 0 Å². The summed E-state index contributed by atoms with van der Waals surface area (Å²) >= 11 is 7.12. The van der Waals surface area contributed by atoms with E-state index in [9.17, 15) is 9.59 Å². The Kier molecular flexibility index (Phi) is 3.91. The molecule has 112 valence electrons. The van der Waals surface area contributed by atoms with Crippen LogP contribution in [-0.2, 0) is 6.42 Å². The zero-order valence-corrected chi connectivity index (χ0v) is 13.0. The number of carbonyl (C=O) groups excluding carboxylic acids is 1. The van der Waals surface area contributed by atoms with E-state index in [-0.39, 0.29) is 11.2 Å². The van der Waals surface area contributed by atoms with Gasteiger partial charge in [0.1, 0.15) is 10.6 Å². The third-order valence-electron chi connectivity index (χ3n) is 2.90. The van der Waals surface area contributed by atoms with Gasteiger partial charge in [0.2, 0.25) is 5.13 Å². The first-order valence-corrected chi connectivity index (χ1v) is 7.63. The Morgan fingerprint density at radius 3 is 2.91 bits per heavy atom. The lowest BCUT2D eigenvalue weighted by molar-refractivity contribution is 0.0997. The Labute approximate surface area is 133 Å². The lowest BCUT2D eigenvalue weighted by atomic mass is 10.2. The predicted molar refractivity (Wildman–Crippen MR) is 84.7 cm³/mol. The Morgan fingerprint density at radius 2 is 2.18 bits per heavy atom. The summed E-state index contributed by atoms with van der Waals surface area (Å²) in [5.41, 5.74) is -0.0334. The van der Waals surface area contributed by atoms with Gasteiger partial charge in [-0.05, 0) is 24.6 Å². The summed E-state index contributed by atoms with van der Waals surface area (Å²) < 4.78 is 5.45. The van der Waals surface area contributed by atoms with Gasteiger partial charge in [0.05, 0.1) is 5.39 Å². The second kappa shape index (κ2) is 5.86. The third-order valence-corrected chi connectivity index (χ3v) is 4.12. The van der Waals surface area contributed by atoms with Gasteiger partial charge in [-0.1, -0.05) is 29.9 Å². The van der Waals surface area contributed by atoms with Crippen molar-refractivity contribution in [1.29, 1.82) is 0 Å². The molecule has 8 heteroatoms. The molecule has 0 aliphatic rings. The highest BCUT2D eigenvalue weighted by molar-refractivity contribution is 7.15. The van der Waals surface area contributed by atoms with Crippen LogP contribution in [0.5, 0.6) is 0 Å². The van der Waals surface area contributed by atoms with E-state index in [4.69, 9.17) is 16.0 Å². The van der Waals surface area contributed by atoms with Crippen molar-refractivity contribution in [1.82, 2.24) is 10.2 Å². The lowest BCUT2D eigenvalue weighted by Crippen LogP contribution is -2.14. The minimum atomic E-state index is -0.548. The first-order chi connectivity index (χ1) is 10.6. The van der Waals surface area contributed by atoms with Crippen molar-refractivity contribution in [2.75, 3.05) is 5.32 Å². The zero-order chi connectivity index (χ0) is 15.7. The molecule has 0 atom stereocenters. The summed E-state index contributed by atoms with van der Waals surface area (Å²) in [6, 6.07) is 5.78. The Bertz CT molecular complexity index is 919. The number of rotatable bonds is 3. The normalized spacial score (nSPS) is 10.8. The minimum Gasteiger partial charge on any atom is -0.451 e. The molecule has 0 unspecified atom stereocenters. The molecule has 1 amide bonds. The van der Waals surface area contributed by atoms with E-state index in [1.807, 2.05) is 6.92 Å². The number of amides is 1. The van der Waals surface area contributed by atoms with Crippen molar-refractivity contribution in [3.63, 3.8) is 0 Å². The molecule has 0 radical (unpaired) electrons. The molecule has 0 fully saturated rings. The molecule has 3 aromatic rings. The van der Waals surface area contributed by atoms with Gasteiger partial charge in [0.25, 0.3) is 5.91 Å². The standard InChI is InChI=1S/C14H10ClN3O3S/c1-2-12-17-18-14(22-12)16-13(20)11-6-9(19)8-5-7(15)3-4-10(8)21-11/h3-6H,2H2,1H3,(H,16,18,20). The number of nitrogens with one attached hydrogen (secondary N) is 1. The van der Waals surface area contributed by atoms with Crippen LogP contribution in [0.3, 0.4) is 0 Å². The monoisotopic (exact) mass is 335 g/mol. The number of anilines is 1. The van der Waals surface area contributed by atoms with E-state index in [0.29, 0.717) is 21.1 Å². The van der Waals surface area contributed by atoms with Crippen molar-refractivity contribution in [3.8, 4) is 0 Å². The highest BCUT2D eigenvalue weighted by Gasteiger charge is 2.15. The molecule has 0 saturated heterocycles. The largest absolute Gasteiger partial charge is 0.451 e. The van der Waals surface area contributed by atoms with Crippen LogP contribution >= 0.6 is 22.9 Å². The Hall–Kier alpha value is -2.25. The van der Waals surface area contributed by atoms with E-state index in [2.05, 4.69) is 15.5 Å². The second-order valence-corrected chi connectivity index (χ2v) is 5.92. The van der Waals surface area contributed by atoms with Gasteiger partial charge in [0.15, 0.2) is 11.2 Å². The second-order valence-electron chi connectivity index (χ2n) is 4.42. The first-order valence-electron chi connectivity index (χ1n) is 6.44. The van der Waals surface area contributed by atoms with Crippen molar-refractivity contribution in [2.24, 2.45) is 0 Å². The maximum Gasteiger partial charge on any atom is 0.293 e. The molecule has 0 saturated carbocycles. The first kappa shape index (κ1) is 14.7. The van der Waals surface area contributed by atoms with Crippen LogP contribution in [0.4, 0.5) is 5.13 Å². The van der Waals surface area contributed by atoms with Gasteiger partial charge >= 0.3 is 0 Å². The van der Waals surface area contributed by atoms with E-state index in [1.165, 1.54) is 17.4 Å². The van der Waals surface area contributed by atoms with Gasteiger partial charge in [0, 0.05) is 11.1 Å². The van der Waals surface area contributed by atoms with Crippen LogP contribution in [0.2, 0.25) is 5.02 Å². The number of aryl methyl sites for hydroxylation is 1. The SMILES string of the molecule is CCc1nnc(NC(=O)c2cc(=O)c3cc(Cl)ccc3o2)s1. The van der Waals surface area contributed by atoms with Gasteiger partial charge in [-0.3, -0.25) is 14.9 Å². The molecule has 1 aromatic carbocycles. The number of fused-ring (bicyclic) bond motifs is 1. The summed E-state index contributed by atoms with van der Waals surface area (Å²) in [6.07, 6.45) is 0.735. The van der Waals surface area contributed by atoms with E-state index in [1.54, 1.807) is 12.1 Å². The quantitative estimate of drug-likeness (QED) is 0.794. The fourth-order valence-corrected chi connectivity index (χ4v) is 2.69. The van der Waals surface area contributed by atoms with Crippen molar-refractivity contribution >= 4 is 44.9 Å². The van der Waals surface area contributed by atoms with Gasteiger partial charge in [-0.25, -0.2) is 0 Å². The van der Waals surface area contributed by atoms with Crippen LogP contribution in [0.15, 0.2) is 33.5 Å². The van der Waals surface area contributed by atoms with E-state index >= 15 is 0 Å². The fraction of sp³-hybridized carbons (Fsp3) is 0.143. The number of carbonyl (C=O) groups is 1. The van der Waals surface area contributed by atoms with Crippen molar-refractivity contribution in [3.05, 3.63) is 50.3 Å². The predicted octanol–water partition coefficient (Wildman–Crippen LogP) is 3.11. The average Bonchev–Trinajstić information content (AvgIpc) is 2.95. The molecule has 22 heavy (non-hydrogen) atoms. The van der Waals surface area contributed by atoms with E-state index in [0.717, 1.165) is 17.5 Å². The fourth-order valence-electron chi connectivity index (χ4n) is 1.85. The topological polar surface area (TPSA) is 85.1 Å². The molecule has 2 aromatic heterocycles. The highest BCUT2D eigenvalue weighted by atomic mass is 35.5. The molecular weight excluding hydrogens is 326 g/mol. The Morgan fingerprint density at radius 1 is 1.36 bits per heavy atom. The average molecular weight is 336 g/mol. The molecule has 0 aliphatic carbocycles. The lowest BCUT2D eigenvalue weighted by Gasteiger charge is -2.02. The number of hydrogen-bond donors (Lipinski definition) is 1. The molecular formula is C14H10ClN3O3S. The minimum absolute atomic E-state index is 0.0897. The van der Waals surface area contributed by atoms with E-state index < -0.39 is 5.91 Å². The number of halogens is 1. The molecule has 0 bridgehead atoms. The summed E-state index contributed by atoms with van der Waals surface area (Å²) in [4.78, 5) is 24.2. The van der Waals surface area contributed by atoms with Crippen LogP contribution in [-0.4, -0.2) is 16.1 Å². The van der Waals surface area contributed by atoms with Crippen LogP contribution in [0.25, 0.3) is 11.0 Å². The summed E-state index contributed by atoms with van der Waals surface area (Å²) in [5, 5.41) is 12.2. The smallest absolute Gasteiger partial charge is 0.293 e. The third kappa shape index (κ3) is 2.86. The van der Waals surface area contributed by atoms with Gasteiger partial charge in [-0.15, -0.1) is 10.2 Å².